The van der Waals surface area contributed by atoms with Crippen molar-refractivity contribution in [2.24, 2.45) is 14.1 Å². The van der Waals surface area contributed by atoms with Crippen LogP contribution in [0.3, 0.4) is 0 Å². The monoisotopic (exact) mass is 539 g/mol. The average molecular weight is 540 g/mol. The fourth-order valence-corrected chi connectivity index (χ4v) is 4.93. The number of imidazole rings is 1. The maximum atomic E-state index is 13.2. The predicted octanol–water partition coefficient (Wildman–Crippen LogP) is 2.52. The van der Waals surface area contributed by atoms with Crippen LogP contribution in [0.1, 0.15) is 5.56 Å². The molecule has 0 saturated heterocycles. The summed E-state index contributed by atoms with van der Waals surface area (Å²) in [5, 5.41) is 12.4. The molecule has 0 bridgehead atoms. The summed E-state index contributed by atoms with van der Waals surface area (Å²) >= 11 is 7.18. The van der Waals surface area contributed by atoms with Gasteiger partial charge in [-0.05, 0) is 29.8 Å². The van der Waals surface area contributed by atoms with E-state index in [0.717, 1.165) is 21.9 Å². The maximum absolute atomic E-state index is 13.2. The molecular weight excluding hydrogens is 518 g/mol. The predicted molar refractivity (Wildman–Crippen MR) is 142 cm³/mol. The zero-order valence-corrected chi connectivity index (χ0v) is 21.7. The summed E-state index contributed by atoms with van der Waals surface area (Å²) in [6, 6.07) is 14.3. The lowest BCUT2D eigenvalue weighted by atomic mass is 10.2. The average Bonchev–Trinajstić information content (AvgIpc) is 3.45. The molecule has 0 radical (unpaired) electrons. The zero-order valence-electron chi connectivity index (χ0n) is 20.1. The number of carbonyl (C=O) groups is 1. The number of hydrogen-bond acceptors (Lipinski definition) is 7. The van der Waals surface area contributed by atoms with Gasteiger partial charge in [0.1, 0.15) is 5.75 Å². The Labute approximate surface area is 219 Å². The normalized spacial score (nSPS) is 11.4. The number of fused-ring (bicyclic) bond motifs is 3. The van der Waals surface area contributed by atoms with E-state index in [1.165, 1.54) is 11.6 Å². The summed E-state index contributed by atoms with van der Waals surface area (Å²) in [5.74, 6) is 0.768. The Morgan fingerprint density at radius 1 is 1.08 bits per heavy atom. The minimum Gasteiger partial charge on any atom is -0.497 e. The van der Waals surface area contributed by atoms with Gasteiger partial charge in [0.2, 0.25) is 11.7 Å². The van der Waals surface area contributed by atoms with E-state index < -0.39 is 11.2 Å². The van der Waals surface area contributed by atoms with Gasteiger partial charge in [-0.25, -0.2) is 9.20 Å². The van der Waals surface area contributed by atoms with E-state index in [1.807, 2.05) is 12.1 Å². The van der Waals surface area contributed by atoms with Gasteiger partial charge in [-0.15, -0.1) is 10.2 Å². The molecule has 2 aromatic carbocycles. The van der Waals surface area contributed by atoms with Gasteiger partial charge < -0.3 is 10.1 Å². The van der Waals surface area contributed by atoms with Crippen LogP contribution in [0.15, 0.2) is 63.3 Å². The Balaban J connectivity index is 1.55. The number of thioether (sulfide) groups is 1. The third-order valence-electron chi connectivity index (χ3n) is 5.89. The van der Waals surface area contributed by atoms with Crippen LogP contribution in [0.25, 0.3) is 16.9 Å². The summed E-state index contributed by atoms with van der Waals surface area (Å²) < 4.78 is 11.0. The second-order valence-electron chi connectivity index (χ2n) is 8.28. The van der Waals surface area contributed by atoms with Gasteiger partial charge in [0.15, 0.2) is 16.3 Å². The molecule has 5 aromatic rings. The molecule has 11 nitrogen and oxygen atoms in total. The molecule has 3 aromatic heterocycles. The van der Waals surface area contributed by atoms with Crippen LogP contribution in [-0.4, -0.2) is 47.1 Å². The lowest BCUT2D eigenvalue weighted by Crippen LogP contribution is -2.37. The zero-order chi connectivity index (χ0) is 26.3. The van der Waals surface area contributed by atoms with Crippen molar-refractivity contribution in [3.63, 3.8) is 0 Å². The number of aromatic nitrogens is 6. The van der Waals surface area contributed by atoms with Crippen LogP contribution in [0.5, 0.6) is 5.75 Å². The summed E-state index contributed by atoms with van der Waals surface area (Å²) in [6.45, 7) is 0.302. The largest absolute Gasteiger partial charge is 0.497 e. The van der Waals surface area contributed by atoms with Crippen molar-refractivity contribution in [1.82, 2.24) is 28.3 Å². The topological polar surface area (TPSA) is 117 Å². The summed E-state index contributed by atoms with van der Waals surface area (Å²) in [7, 11) is 4.57. The van der Waals surface area contributed by atoms with Crippen molar-refractivity contribution >= 4 is 51.9 Å². The van der Waals surface area contributed by atoms with E-state index in [9.17, 15) is 14.4 Å². The first-order chi connectivity index (χ1) is 17.8. The van der Waals surface area contributed by atoms with Gasteiger partial charge in [0, 0.05) is 30.9 Å². The van der Waals surface area contributed by atoms with Crippen LogP contribution in [0.4, 0.5) is 5.69 Å². The number of benzene rings is 2. The van der Waals surface area contributed by atoms with Crippen LogP contribution in [-0.2, 0) is 25.4 Å². The molecule has 0 spiro atoms. The van der Waals surface area contributed by atoms with E-state index in [-0.39, 0.29) is 11.7 Å². The molecule has 1 amide bonds. The molecule has 13 heteroatoms. The molecule has 1 N–H and O–H groups in total. The number of rotatable bonds is 7. The van der Waals surface area contributed by atoms with Crippen molar-refractivity contribution in [1.29, 1.82) is 0 Å². The number of aryl methyl sites for hydroxylation is 1. The highest BCUT2D eigenvalue weighted by atomic mass is 35.5. The minimum atomic E-state index is -0.483. The van der Waals surface area contributed by atoms with Crippen LogP contribution in [0, 0.1) is 0 Å². The number of nitrogens with one attached hydrogen (secondary N) is 1. The quantitative estimate of drug-likeness (QED) is 0.316. The third kappa shape index (κ3) is 4.49. The first-order valence-electron chi connectivity index (χ1n) is 11.1. The van der Waals surface area contributed by atoms with Gasteiger partial charge in [-0.1, -0.05) is 41.6 Å². The third-order valence-corrected chi connectivity index (χ3v) is 7.07. The van der Waals surface area contributed by atoms with E-state index in [2.05, 4.69) is 15.5 Å². The minimum absolute atomic E-state index is 0.0284. The standard InChI is InChI=1S/C24H22ClN7O4S/c1-29-20-19(21(34)30(2)24(29)35)31(12-14-7-9-15(25)10-8-14)22-27-28-23(32(20)22)37-13-18(33)26-16-5-4-6-17(11-16)36-3/h4-11H,12-13H2,1-3H3,(H,26,33). The first kappa shape index (κ1) is 24.7. The highest BCUT2D eigenvalue weighted by molar-refractivity contribution is 7.99. The van der Waals surface area contributed by atoms with Gasteiger partial charge in [-0.2, -0.15) is 0 Å². The summed E-state index contributed by atoms with van der Waals surface area (Å²) in [5.41, 5.74) is 1.19. The first-order valence-corrected chi connectivity index (χ1v) is 12.5. The molecule has 5 rings (SSSR count). The molecule has 0 aliphatic carbocycles. The fourth-order valence-electron chi connectivity index (χ4n) is 4.07. The number of hydrogen-bond donors (Lipinski definition) is 1. The second kappa shape index (κ2) is 9.79. The van der Waals surface area contributed by atoms with Gasteiger partial charge in [0.05, 0.1) is 19.4 Å². The van der Waals surface area contributed by atoms with Crippen LogP contribution in [0.2, 0.25) is 5.02 Å². The highest BCUT2D eigenvalue weighted by Crippen LogP contribution is 2.25. The smallest absolute Gasteiger partial charge is 0.332 e. The molecule has 3 heterocycles. The number of anilines is 1. The van der Waals surface area contributed by atoms with Crippen molar-refractivity contribution in [3.8, 4) is 5.75 Å². The van der Waals surface area contributed by atoms with Crippen molar-refractivity contribution in [2.45, 2.75) is 11.7 Å². The Hall–Kier alpha value is -4.03. The Morgan fingerprint density at radius 2 is 1.84 bits per heavy atom. The number of methoxy groups -OCH3 is 1. The molecule has 0 atom stereocenters. The van der Waals surface area contributed by atoms with Gasteiger partial charge >= 0.3 is 5.69 Å². The summed E-state index contributed by atoms with van der Waals surface area (Å²) in [6.07, 6.45) is 0. The van der Waals surface area contributed by atoms with Crippen molar-refractivity contribution < 1.29 is 9.53 Å². The van der Waals surface area contributed by atoms with Crippen LogP contribution < -0.4 is 21.3 Å². The fraction of sp³-hybridized carbons (Fsp3) is 0.208. The van der Waals surface area contributed by atoms with E-state index in [4.69, 9.17) is 16.3 Å². The Bertz CT molecular complexity index is 1770. The number of halogens is 1. The Morgan fingerprint density at radius 3 is 2.57 bits per heavy atom. The number of amides is 1. The second-order valence-corrected chi connectivity index (χ2v) is 9.66. The van der Waals surface area contributed by atoms with E-state index in [0.29, 0.717) is 45.1 Å². The maximum Gasteiger partial charge on any atom is 0.332 e. The van der Waals surface area contributed by atoms with Gasteiger partial charge in [0.25, 0.3) is 5.56 Å². The lowest BCUT2D eigenvalue weighted by molar-refractivity contribution is -0.113. The SMILES string of the molecule is COc1cccc(NC(=O)CSc2nnc3n(Cc4ccc(Cl)cc4)c4c(=O)n(C)c(=O)n(C)c4n23)c1. The molecule has 190 valence electrons. The van der Waals surface area contributed by atoms with Crippen molar-refractivity contribution in [2.75, 3.05) is 18.2 Å². The Kier molecular flexibility index (Phi) is 6.52. The number of carbonyl (C=O) groups excluding carboxylic acids is 1. The van der Waals surface area contributed by atoms with Gasteiger partial charge in [-0.3, -0.25) is 23.3 Å². The van der Waals surface area contributed by atoms with E-state index >= 15 is 0 Å². The highest BCUT2D eigenvalue weighted by Gasteiger charge is 2.24. The van der Waals surface area contributed by atoms with Crippen LogP contribution >= 0.6 is 23.4 Å². The molecule has 0 fully saturated rings. The van der Waals surface area contributed by atoms with E-state index in [1.54, 1.807) is 59.5 Å². The number of nitrogens with zero attached hydrogens (tertiary/aromatic N) is 6. The lowest BCUT2D eigenvalue weighted by Gasteiger charge is -2.08. The molecule has 0 aliphatic heterocycles. The molecule has 0 unspecified atom stereocenters. The number of ether oxygens (including phenoxy) is 1. The van der Waals surface area contributed by atoms with Crippen molar-refractivity contribution in [3.05, 3.63) is 80.0 Å². The molecular formula is C24H22ClN7O4S. The molecule has 0 aliphatic rings. The molecule has 0 saturated carbocycles. The summed E-state index contributed by atoms with van der Waals surface area (Å²) in [4.78, 5) is 38.7. The molecule has 37 heavy (non-hydrogen) atoms.